The number of hydrogen-bond donors (Lipinski definition) is 4. The second-order valence-corrected chi connectivity index (χ2v) is 8.71. The first kappa shape index (κ1) is 26.9. The van der Waals surface area contributed by atoms with E-state index in [2.05, 4.69) is 16.1 Å². The molecule has 5 N–H and O–H groups in total. The SMILES string of the molecule is CC1(C)COC(=O)C1N/C=C(\NN)c1c(F)cc(NC(=O)Cc2cccc(C(F)(F)F)c2F)cc1F. The first-order chi connectivity index (χ1) is 16.7. The van der Waals surface area contributed by atoms with Gasteiger partial charge in [-0.25, -0.2) is 18.0 Å². The predicted molar refractivity (Wildman–Crippen MR) is 117 cm³/mol. The number of carbonyl (C=O) groups excluding carboxylic acids is 2. The van der Waals surface area contributed by atoms with Gasteiger partial charge in [-0.15, -0.1) is 0 Å². The lowest BCUT2D eigenvalue weighted by Crippen LogP contribution is -2.41. The number of carbonyl (C=O) groups is 2. The van der Waals surface area contributed by atoms with Gasteiger partial charge in [0.25, 0.3) is 0 Å². The van der Waals surface area contributed by atoms with E-state index in [9.17, 15) is 35.9 Å². The molecule has 0 radical (unpaired) electrons. The topological polar surface area (TPSA) is 105 Å². The fraction of sp³-hybridized carbons (Fsp3) is 0.304. The van der Waals surface area contributed by atoms with Crippen LogP contribution in [-0.2, 0) is 26.9 Å². The molecule has 1 amide bonds. The summed E-state index contributed by atoms with van der Waals surface area (Å²) in [5.41, 5.74) is -1.79. The van der Waals surface area contributed by atoms with Gasteiger partial charge in [0.1, 0.15) is 23.5 Å². The number of hydrazine groups is 1. The van der Waals surface area contributed by atoms with E-state index in [0.29, 0.717) is 6.07 Å². The standard InChI is InChI=1S/C23H22F6N4O3/c1-22(2)10-36-21(35)20(22)31-9-16(33-30)18-14(24)7-12(8-15(18)25)32-17(34)6-11-4-3-5-13(19(11)26)23(27,28)29/h3-5,7-9,20,31,33H,6,10,30H2,1-2H3,(H,32,34)/b16-9-. The molecule has 1 aliphatic rings. The fourth-order valence-corrected chi connectivity index (χ4v) is 3.61. The minimum absolute atomic E-state index is 0.143. The Morgan fingerprint density at radius 3 is 2.36 bits per heavy atom. The number of halogens is 6. The third kappa shape index (κ3) is 5.73. The molecule has 36 heavy (non-hydrogen) atoms. The lowest BCUT2D eigenvalue weighted by Gasteiger charge is -2.22. The number of anilines is 1. The summed E-state index contributed by atoms with van der Waals surface area (Å²) in [6.07, 6.45) is -4.66. The third-order valence-electron chi connectivity index (χ3n) is 5.48. The highest BCUT2D eigenvalue weighted by Crippen LogP contribution is 2.33. The second kappa shape index (κ2) is 10.1. The molecule has 0 saturated carbocycles. The number of cyclic esters (lactones) is 1. The van der Waals surface area contributed by atoms with Crippen molar-refractivity contribution in [1.82, 2.24) is 10.7 Å². The van der Waals surface area contributed by atoms with Crippen molar-refractivity contribution in [3.05, 3.63) is 70.7 Å². The van der Waals surface area contributed by atoms with Crippen LogP contribution in [0.3, 0.4) is 0 Å². The van der Waals surface area contributed by atoms with E-state index >= 15 is 0 Å². The largest absolute Gasteiger partial charge is 0.463 e. The lowest BCUT2D eigenvalue weighted by atomic mass is 9.88. The Morgan fingerprint density at radius 1 is 1.19 bits per heavy atom. The highest BCUT2D eigenvalue weighted by molar-refractivity contribution is 5.92. The number of esters is 1. The summed E-state index contributed by atoms with van der Waals surface area (Å²) >= 11 is 0. The van der Waals surface area contributed by atoms with Crippen molar-refractivity contribution in [1.29, 1.82) is 0 Å². The summed E-state index contributed by atoms with van der Waals surface area (Å²) in [6, 6.07) is 3.16. The number of nitrogens with two attached hydrogens (primary N) is 1. The van der Waals surface area contributed by atoms with Gasteiger partial charge in [0.15, 0.2) is 0 Å². The molecule has 13 heteroatoms. The molecule has 3 rings (SSSR count). The van der Waals surface area contributed by atoms with Crippen LogP contribution in [0.25, 0.3) is 5.70 Å². The van der Waals surface area contributed by atoms with E-state index in [1.807, 2.05) is 0 Å². The Labute approximate surface area is 201 Å². The van der Waals surface area contributed by atoms with E-state index in [4.69, 9.17) is 10.6 Å². The van der Waals surface area contributed by atoms with Crippen LogP contribution in [0.5, 0.6) is 0 Å². The molecule has 2 aromatic carbocycles. The minimum atomic E-state index is -4.95. The van der Waals surface area contributed by atoms with Crippen molar-refractivity contribution in [2.75, 3.05) is 11.9 Å². The van der Waals surface area contributed by atoms with Crippen molar-refractivity contribution < 1.29 is 40.7 Å². The first-order valence-corrected chi connectivity index (χ1v) is 10.5. The summed E-state index contributed by atoms with van der Waals surface area (Å²) in [5.74, 6) is -0.0852. The summed E-state index contributed by atoms with van der Waals surface area (Å²) in [7, 11) is 0. The van der Waals surface area contributed by atoms with E-state index in [1.165, 1.54) is 0 Å². The molecule has 1 saturated heterocycles. The summed E-state index contributed by atoms with van der Waals surface area (Å²) in [6.45, 7) is 3.65. The van der Waals surface area contributed by atoms with Crippen molar-refractivity contribution in [2.45, 2.75) is 32.5 Å². The maximum Gasteiger partial charge on any atom is 0.419 e. The van der Waals surface area contributed by atoms with Gasteiger partial charge in [-0.3, -0.25) is 10.6 Å². The number of rotatable bonds is 7. The van der Waals surface area contributed by atoms with E-state index in [0.717, 1.165) is 30.5 Å². The van der Waals surface area contributed by atoms with Crippen LogP contribution in [0, 0.1) is 22.9 Å². The van der Waals surface area contributed by atoms with Crippen LogP contribution in [0.1, 0.15) is 30.5 Å². The Balaban J connectivity index is 1.78. The van der Waals surface area contributed by atoms with Crippen LogP contribution in [0.4, 0.5) is 32.0 Å². The van der Waals surface area contributed by atoms with E-state index < -0.39 is 70.1 Å². The van der Waals surface area contributed by atoms with Gasteiger partial charge >= 0.3 is 12.1 Å². The van der Waals surface area contributed by atoms with Crippen molar-refractivity contribution >= 4 is 23.3 Å². The summed E-state index contributed by atoms with van der Waals surface area (Å²) in [5, 5.41) is 4.84. The zero-order chi connectivity index (χ0) is 26.8. The monoisotopic (exact) mass is 516 g/mol. The maximum absolute atomic E-state index is 14.8. The van der Waals surface area contributed by atoms with Gasteiger partial charge < -0.3 is 20.8 Å². The average Bonchev–Trinajstić information content (AvgIpc) is 3.02. The number of benzene rings is 2. The minimum Gasteiger partial charge on any atom is -0.463 e. The Kier molecular flexibility index (Phi) is 7.53. The smallest absolute Gasteiger partial charge is 0.419 e. The molecular weight excluding hydrogens is 494 g/mol. The number of amides is 1. The molecular formula is C23H22F6N4O3. The molecule has 2 aromatic rings. The Morgan fingerprint density at radius 2 is 1.83 bits per heavy atom. The molecule has 0 aromatic heterocycles. The highest BCUT2D eigenvalue weighted by atomic mass is 19.4. The Hall–Kier alpha value is -3.74. The number of alkyl halides is 3. The van der Waals surface area contributed by atoms with E-state index in [-0.39, 0.29) is 18.0 Å². The van der Waals surface area contributed by atoms with Crippen molar-refractivity contribution in [3.63, 3.8) is 0 Å². The molecule has 0 spiro atoms. The van der Waals surface area contributed by atoms with Gasteiger partial charge in [0, 0.05) is 17.3 Å². The summed E-state index contributed by atoms with van der Waals surface area (Å²) < 4.78 is 87.3. The lowest BCUT2D eigenvalue weighted by molar-refractivity contribution is -0.140. The molecule has 1 unspecified atom stereocenters. The normalized spacial score (nSPS) is 17.5. The predicted octanol–water partition coefficient (Wildman–Crippen LogP) is 3.61. The Bertz CT molecular complexity index is 1190. The van der Waals surface area contributed by atoms with Crippen LogP contribution in [-0.4, -0.2) is 24.5 Å². The number of nitrogens with one attached hydrogen (secondary N) is 3. The van der Waals surface area contributed by atoms with Crippen LogP contribution in [0.15, 0.2) is 36.5 Å². The van der Waals surface area contributed by atoms with Crippen molar-refractivity contribution in [3.8, 4) is 0 Å². The maximum atomic E-state index is 14.8. The van der Waals surface area contributed by atoms with Gasteiger partial charge in [-0.1, -0.05) is 26.0 Å². The first-order valence-electron chi connectivity index (χ1n) is 10.5. The van der Waals surface area contributed by atoms with Crippen LogP contribution in [0.2, 0.25) is 0 Å². The number of ether oxygens (including phenoxy) is 1. The van der Waals surface area contributed by atoms with Gasteiger partial charge in [0.2, 0.25) is 5.91 Å². The van der Waals surface area contributed by atoms with Crippen LogP contribution >= 0.6 is 0 Å². The zero-order valence-electron chi connectivity index (χ0n) is 19.0. The van der Waals surface area contributed by atoms with Gasteiger partial charge in [0.05, 0.1) is 29.9 Å². The molecule has 194 valence electrons. The molecule has 0 aliphatic carbocycles. The molecule has 7 nitrogen and oxygen atoms in total. The average molecular weight is 516 g/mol. The van der Waals surface area contributed by atoms with Gasteiger partial charge in [-0.2, -0.15) is 13.2 Å². The highest BCUT2D eigenvalue weighted by Gasteiger charge is 2.43. The van der Waals surface area contributed by atoms with Gasteiger partial charge in [-0.05, 0) is 23.8 Å². The third-order valence-corrected chi connectivity index (χ3v) is 5.48. The molecule has 1 fully saturated rings. The zero-order valence-corrected chi connectivity index (χ0v) is 19.0. The fourth-order valence-electron chi connectivity index (χ4n) is 3.61. The molecule has 1 heterocycles. The van der Waals surface area contributed by atoms with Crippen molar-refractivity contribution in [2.24, 2.45) is 11.3 Å². The molecule has 1 aliphatic heterocycles. The number of hydrogen-bond acceptors (Lipinski definition) is 6. The van der Waals surface area contributed by atoms with E-state index in [1.54, 1.807) is 13.8 Å². The summed E-state index contributed by atoms with van der Waals surface area (Å²) in [4.78, 5) is 24.1. The molecule has 0 bridgehead atoms. The molecule has 1 atom stereocenters. The van der Waals surface area contributed by atoms with Crippen LogP contribution < -0.4 is 21.9 Å². The quantitative estimate of drug-likeness (QED) is 0.194. The second-order valence-electron chi connectivity index (χ2n) is 8.71.